The number of nitrogens with zero attached hydrogens (tertiary/aromatic N) is 2. The molecule has 0 amide bonds. The van der Waals surface area contributed by atoms with Crippen molar-refractivity contribution in [3.63, 3.8) is 0 Å². The molecule has 0 fully saturated rings. The first-order valence-electron chi connectivity index (χ1n) is 9.67. The number of aliphatic imine (C=N–C) groups is 1. The van der Waals surface area contributed by atoms with Crippen molar-refractivity contribution in [3.05, 3.63) is 83.7 Å². The number of hydrogen-bond donors (Lipinski definition) is 1. The molecule has 0 aliphatic carbocycles. The van der Waals surface area contributed by atoms with Gasteiger partial charge >= 0.3 is 5.97 Å². The molecule has 0 atom stereocenters. The van der Waals surface area contributed by atoms with Gasteiger partial charge in [0.25, 0.3) is 0 Å². The van der Waals surface area contributed by atoms with Crippen molar-refractivity contribution >= 4 is 22.8 Å². The SMILES string of the molecule is COc1ccc2c(Cc3cccc(C4=NCC(=O)O4)n3)c(-c3ccccc3)[nH]c2c1. The summed E-state index contributed by atoms with van der Waals surface area (Å²) in [7, 11) is 1.66. The lowest BCUT2D eigenvalue weighted by Crippen LogP contribution is -2.08. The van der Waals surface area contributed by atoms with Gasteiger partial charge in [0, 0.05) is 29.1 Å². The first-order valence-corrected chi connectivity index (χ1v) is 9.67. The van der Waals surface area contributed by atoms with Gasteiger partial charge in [-0.15, -0.1) is 0 Å². The third-order valence-corrected chi connectivity index (χ3v) is 5.12. The number of carbonyl (C=O) groups is 1. The maximum Gasteiger partial charge on any atom is 0.334 e. The summed E-state index contributed by atoms with van der Waals surface area (Å²) in [6.45, 7) is 0.0453. The molecule has 6 heteroatoms. The number of aromatic nitrogens is 2. The van der Waals surface area contributed by atoms with Crippen molar-refractivity contribution in [1.82, 2.24) is 9.97 Å². The zero-order valence-electron chi connectivity index (χ0n) is 16.4. The first kappa shape index (κ1) is 18.1. The lowest BCUT2D eigenvalue weighted by atomic mass is 10.0. The van der Waals surface area contributed by atoms with Crippen molar-refractivity contribution < 1.29 is 14.3 Å². The molecule has 148 valence electrons. The Balaban J connectivity index is 1.59. The number of methoxy groups -OCH3 is 1. The summed E-state index contributed by atoms with van der Waals surface area (Å²) in [5.41, 5.74) is 5.75. The van der Waals surface area contributed by atoms with E-state index in [1.54, 1.807) is 13.2 Å². The van der Waals surface area contributed by atoms with Crippen LogP contribution in [-0.4, -0.2) is 35.5 Å². The number of aromatic amines is 1. The van der Waals surface area contributed by atoms with E-state index in [0.29, 0.717) is 12.1 Å². The number of nitrogens with one attached hydrogen (secondary N) is 1. The molecule has 4 aromatic rings. The van der Waals surface area contributed by atoms with E-state index in [0.717, 1.165) is 39.2 Å². The molecule has 30 heavy (non-hydrogen) atoms. The quantitative estimate of drug-likeness (QED) is 0.514. The highest BCUT2D eigenvalue weighted by molar-refractivity contribution is 6.03. The normalized spacial score (nSPS) is 13.4. The van der Waals surface area contributed by atoms with E-state index in [2.05, 4.69) is 28.2 Å². The van der Waals surface area contributed by atoms with Crippen LogP contribution in [0.15, 0.2) is 71.7 Å². The number of pyridine rings is 1. The van der Waals surface area contributed by atoms with Crippen LogP contribution in [0.1, 0.15) is 17.0 Å². The largest absolute Gasteiger partial charge is 0.497 e. The molecule has 1 aliphatic rings. The Hall–Kier alpha value is -3.93. The second-order valence-electron chi connectivity index (χ2n) is 7.04. The van der Waals surface area contributed by atoms with Crippen molar-refractivity contribution in [3.8, 4) is 17.0 Å². The van der Waals surface area contributed by atoms with Crippen LogP contribution >= 0.6 is 0 Å². The Kier molecular flexibility index (Phi) is 4.52. The van der Waals surface area contributed by atoms with Gasteiger partial charge in [0.05, 0.1) is 12.8 Å². The fourth-order valence-corrected chi connectivity index (χ4v) is 3.72. The Labute approximate surface area is 173 Å². The second kappa shape index (κ2) is 7.48. The zero-order chi connectivity index (χ0) is 20.5. The van der Waals surface area contributed by atoms with E-state index < -0.39 is 0 Å². The molecular weight excluding hydrogens is 378 g/mol. The zero-order valence-corrected chi connectivity index (χ0v) is 16.4. The molecule has 5 rings (SSSR count). The fraction of sp³-hybridized carbons (Fsp3) is 0.125. The molecule has 1 aliphatic heterocycles. The number of cyclic esters (lactones) is 1. The van der Waals surface area contributed by atoms with Gasteiger partial charge in [0.1, 0.15) is 18.0 Å². The number of H-pyrrole nitrogens is 1. The minimum atomic E-state index is -0.353. The number of carbonyl (C=O) groups excluding carboxylic acids is 1. The highest BCUT2D eigenvalue weighted by Gasteiger charge is 2.20. The Morgan fingerprint density at radius 1 is 1.07 bits per heavy atom. The molecule has 0 spiro atoms. The average Bonchev–Trinajstić information content (AvgIpc) is 3.38. The van der Waals surface area contributed by atoms with Gasteiger partial charge in [-0.1, -0.05) is 36.4 Å². The summed E-state index contributed by atoms with van der Waals surface area (Å²) < 4.78 is 10.5. The lowest BCUT2D eigenvalue weighted by Gasteiger charge is -2.07. The van der Waals surface area contributed by atoms with Crippen LogP contribution in [0.25, 0.3) is 22.2 Å². The first-order chi connectivity index (χ1) is 14.7. The summed E-state index contributed by atoms with van der Waals surface area (Å²) in [6, 6.07) is 21.9. The van der Waals surface area contributed by atoms with Crippen LogP contribution in [0.3, 0.4) is 0 Å². The van der Waals surface area contributed by atoms with E-state index in [4.69, 9.17) is 14.5 Å². The van der Waals surface area contributed by atoms with Crippen LogP contribution in [0.2, 0.25) is 0 Å². The number of rotatable bonds is 5. The number of fused-ring (bicyclic) bond motifs is 1. The summed E-state index contributed by atoms with van der Waals surface area (Å²) in [6.07, 6.45) is 0.617. The maximum atomic E-state index is 11.4. The predicted molar refractivity (Wildman–Crippen MR) is 115 cm³/mol. The molecule has 0 unspecified atom stereocenters. The van der Waals surface area contributed by atoms with Gasteiger partial charge < -0.3 is 14.5 Å². The number of esters is 1. The minimum absolute atomic E-state index is 0.0453. The average molecular weight is 397 g/mol. The molecule has 6 nitrogen and oxygen atoms in total. The Bertz CT molecular complexity index is 1280. The molecule has 0 saturated heterocycles. The topological polar surface area (TPSA) is 76.6 Å². The van der Waals surface area contributed by atoms with Gasteiger partial charge in [0.2, 0.25) is 5.90 Å². The van der Waals surface area contributed by atoms with E-state index in [-0.39, 0.29) is 18.4 Å². The molecule has 2 aromatic heterocycles. The molecule has 2 aromatic carbocycles. The van der Waals surface area contributed by atoms with Gasteiger partial charge in [-0.2, -0.15) is 0 Å². The summed E-state index contributed by atoms with van der Waals surface area (Å²) in [5.74, 6) is 0.735. The molecule has 0 saturated carbocycles. The second-order valence-corrected chi connectivity index (χ2v) is 7.04. The Morgan fingerprint density at radius 3 is 2.70 bits per heavy atom. The van der Waals surface area contributed by atoms with Crippen molar-refractivity contribution in [2.75, 3.05) is 13.7 Å². The van der Waals surface area contributed by atoms with Gasteiger partial charge in [-0.25, -0.2) is 14.8 Å². The standard InChI is InChI=1S/C24H19N3O3/c1-29-17-10-11-18-19(23(27-21(18)13-17)15-6-3-2-4-7-15)12-16-8-5-9-20(26-16)24-25-14-22(28)30-24/h2-11,13,27H,12,14H2,1H3. The molecule has 1 N–H and O–H groups in total. The molecule has 0 bridgehead atoms. The fourth-order valence-electron chi connectivity index (χ4n) is 3.72. The van der Waals surface area contributed by atoms with Crippen LogP contribution in [-0.2, 0) is 16.0 Å². The van der Waals surface area contributed by atoms with E-state index in [1.807, 2.05) is 42.5 Å². The highest BCUT2D eigenvalue weighted by atomic mass is 16.6. The van der Waals surface area contributed by atoms with Crippen LogP contribution in [0, 0.1) is 0 Å². The predicted octanol–water partition coefficient (Wildman–Crippen LogP) is 4.13. The van der Waals surface area contributed by atoms with E-state index in [1.165, 1.54) is 0 Å². The molecule has 3 heterocycles. The van der Waals surface area contributed by atoms with Crippen molar-refractivity contribution in [1.29, 1.82) is 0 Å². The summed E-state index contributed by atoms with van der Waals surface area (Å²) in [4.78, 5) is 23.8. The monoisotopic (exact) mass is 397 g/mol. The lowest BCUT2D eigenvalue weighted by molar-refractivity contribution is -0.132. The summed E-state index contributed by atoms with van der Waals surface area (Å²) in [5, 5.41) is 1.12. The number of benzene rings is 2. The molecular formula is C24H19N3O3. The van der Waals surface area contributed by atoms with Gasteiger partial charge in [-0.05, 0) is 35.4 Å². The number of ether oxygens (including phenoxy) is 2. The third-order valence-electron chi connectivity index (χ3n) is 5.12. The van der Waals surface area contributed by atoms with E-state index in [9.17, 15) is 4.79 Å². The van der Waals surface area contributed by atoms with Crippen LogP contribution in [0.5, 0.6) is 5.75 Å². The smallest absolute Gasteiger partial charge is 0.334 e. The highest BCUT2D eigenvalue weighted by Crippen LogP contribution is 2.33. The van der Waals surface area contributed by atoms with Crippen LogP contribution < -0.4 is 4.74 Å². The van der Waals surface area contributed by atoms with Crippen LogP contribution in [0.4, 0.5) is 0 Å². The van der Waals surface area contributed by atoms with Gasteiger partial charge in [0.15, 0.2) is 0 Å². The maximum absolute atomic E-state index is 11.4. The Morgan fingerprint density at radius 2 is 1.93 bits per heavy atom. The minimum Gasteiger partial charge on any atom is -0.497 e. The van der Waals surface area contributed by atoms with Crippen molar-refractivity contribution in [2.45, 2.75) is 6.42 Å². The third kappa shape index (κ3) is 3.33. The van der Waals surface area contributed by atoms with Crippen molar-refractivity contribution in [2.24, 2.45) is 4.99 Å². The van der Waals surface area contributed by atoms with Gasteiger partial charge in [-0.3, -0.25) is 0 Å². The summed E-state index contributed by atoms with van der Waals surface area (Å²) >= 11 is 0. The molecule has 0 radical (unpaired) electrons. The van der Waals surface area contributed by atoms with E-state index >= 15 is 0 Å². The number of hydrogen-bond acceptors (Lipinski definition) is 5.